The molecule has 0 unspecified atom stereocenters. The minimum Gasteiger partial charge on any atom is -0.480 e. The standard InChI is InChI=1S/C7H14N4O2S/c8-6(7(12)13)2-5-14-4-1-3-10-11-9/h6H,1-5,8H2,(H,12,13)/t6-/m0/s1. The van der Waals surface area contributed by atoms with Crippen LogP contribution in [0.15, 0.2) is 5.11 Å². The lowest BCUT2D eigenvalue weighted by atomic mass is 10.2. The molecule has 0 aromatic rings. The third-order valence-electron chi connectivity index (χ3n) is 1.50. The van der Waals surface area contributed by atoms with Gasteiger partial charge >= 0.3 is 5.97 Å². The van der Waals surface area contributed by atoms with Crippen LogP contribution in [0.5, 0.6) is 0 Å². The van der Waals surface area contributed by atoms with Gasteiger partial charge in [0.2, 0.25) is 0 Å². The first kappa shape index (κ1) is 13.1. The van der Waals surface area contributed by atoms with Crippen LogP contribution >= 0.6 is 11.8 Å². The first-order chi connectivity index (χ1) is 6.68. The number of aliphatic carboxylic acids is 1. The van der Waals surface area contributed by atoms with E-state index in [9.17, 15) is 4.79 Å². The lowest BCUT2D eigenvalue weighted by molar-refractivity contribution is -0.138. The zero-order chi connectivity index (χ0) is 10.8. The molecule has 0 aliphatic carbocycles. The number of carboxylic acids is 1. The molecule has 7 heteroatoms. The van der Waals surface area contributed by atoms with Gasteiger partial charge in [0.15, 0.2) is 0 Å². The molecule has 14 heavy (non-hydrogen) atoms. The van der Waals surface area contributed by atoms with E-state index in [0.29, 0.717) is 13.0 Å². The third-order valence-corrected chi connectivity index (χ3v) is 2.60. The number of nitrogens with zero attached hydrogens (tertiary/aromatic N) is 3. The van der Waals surface area contributed by atoms with Crippen molar-refractivity contribution >= 4 is 17.7 Å². The highest BCUT2D eigenvalue weighted by Gasteiger charge is 2.09. The number of hydrogen-bond donors (Lipinski definition) is 2. The van der Waals surface area contributed by atoms with Crippen molar-refractivity contribution in [2.45, 2.75) is 18.9 Å². The highest BCUT2D eigenvalue weighted by Crippen LogP contribution is 2.06. The molecule has 3 N–H and O–H groups in total. The van der Waals surface area contributed by atoms with Crippen LogP contribution in [0.4, 0.5) is 0 Å². The Kier molecular flexibility index (Phi) is 8.11. The van der Waals surface area contributed by atoms with Crippen molar-refractivity contribution in [1.82, 2.24) is 0 Å². The summed E-state index contributed by atoms with van der Waals surface area (Å²) in [6.45, 7) is 0.495. The van der Waals surface area contributed by atoms with Crippen LogP contribution in [0, 0.1) is 0 Å². The molecule has 6 nitrogen and oxygen atoms in total. The summed E-state index contributed by atoms with van der Waals surface area (Å²) in [5.41, 5.74) is 13.3. The molecule has 0 aliphatic heterocycles. The summed E-state index contributed by atoms with van der Waals surface area (Å²) in [5.74, 6) is 0.634. The summed E-state index contributed by atoms with van der Waals surface area (Å²) >= 11 is 1.62. The van der Waals surface area contributed by atoms with Crippen molar-refractivity contribution in [3.8, 4) is 0 Å². The van der Waals surface area contributed by atoms with Crippen molar-refractivity contribution in [3.05, 3.63) is 10.4 Å². The van der Waals surface area contributed by atoms with Crippen LogP contribution in [0.2, 0.25) is 0 Å². The molecular formula is C7H14N4O2S. The topological polar surface area (TPSA) is 112 Å². The van der Waals surface area contributed by atoms with E-state index in [0.717, 1.165) is 17.9 Å². The third kappa shape index (κ3) is 7.72. The first-order valence-electron chi connectivity index (χ1n) is 4.25. The number of carboxylic acid groups (broad SMARTS) is 1. The van der Waals surface area contributed by atoms with Crippen LogP contribution in [-0.4, -0.2) is 35.2 Å². The van der Waals surface area contributed by atoms with Gasteiger partial charge in [0.1, 0.15) is 6.04 Å². The number of hydrogen-bond acceptors (Lipinski definition) is 4. The van der Waals surface area contributed by atoms with E-state index < -0.39 is 12.0 Å². The maximum atomic E-state index is 10.3. The van der Waals surface area contributed by atoms with E-state index in [-0.39, 0.29) is 0 Å². The molecule has 0 fully saturated rings. The summed E-state index contributed by atoms with van der Waals surface area (Å²) in [6, 6.07) is -0.764. The van der Waals surface area contributed by atoms with Gasteiger partial charge in [-0.3, -0.25) is 4.79 Å². The Labute approximate surface area is 86.5 Å². The van der Waals surface area contributed by atoms with Gasteiger partial charge < -0.3 is 10.8 Å². The van der Waals surface area contributed by atoms with Gasteiger partial charge in [-0.05, 0) is 29.9 Å². The summed E-state index contributed by atoms with van der Waals surface area (Å²) < 4.78 is 0. The van der Waals surface area contributed by atoms with Crippen molar-refractivity contribution in [2.24, 2.45) is 10.8 Å². The van der Waals surface area contributed by atoms with Crippen molar-refractivity contribution in [1.29, 1.82) is 0 Å². The number of carbonyl (C=O) groups is 1. The Morgan fingerprint density at radius 1 is 1.64 bits per heavy atom. The van der Waals surface area contributed by atoms with E-state index in [4.69, 9.17) is 16.4 Å². The normalized spacial score (nSPS) is 11.8. The molecule has 0 spiro atoms. The fourth-order valence-electron chi connectivity index (χ4n) is 0.718. The Balaban J connectivity index is 3.21. The van der Waals surface area contributed by atoms with E-state index in [1.807, 2.05) is 0 Å². The van der Waals surface area contributed by atoms with E-state index in [1.54, 1.807) is 11.8 Å². The second-order valence-corrected chi connectivity index (χ2v) is 3.88. The summed E-state index contributed by atoms with van der Waals surface area (Å²) in [5, 5.41) is 11.8. The van der Waals surface area contributed by atoms with Crippen molar-refractivity contribution < 1.29 is 9.90 Å². The molecule has 80 valence electrons. The van der Waals surface area contributed by atoms with Gasteiger partial charge in [-0.25, -0.2) is 0 Å². The van der Waals surface area contributed by atoms with Crippen LogP contribution in [0.3, 0.4) is 0 Å². The fourth-order valence-corrected chi connectivity index (χ4v) is 1.68. The van der Waals surface area contributed by atoms with E-state index in [2.05, 4.69) is 10.0 Å². The van der Waals surface area contributed by atoms with Crippen LogP contribution in [0.1, 0.15) is 12.8 Å². The minimum absolute atomic E-state index is 0.474. The molecule has 0 aromatic heterocycles. The lowest BCUT2D eigenvalue weighted by Gasteiger charge is -2.04. The van der Waals surface area contributed by atoms with Gasteiger partial charge in [-0.15, -0.1) is 0 Å². The molecule has 0 bridgehead atoms. The smallest absolute Gasteiger partial charge is 0.320 e. The van der Waals surface area contributed by atoms with Gasteiger partial charge in [-0.1, -0.05) is 5.11 Å². The molecule has 0 radical (unpaired) electrons. The molecule has 1 atom stereocenters. The van der Waals surface area contributed by atoms with Crippen LogP contribution < -0.4 is 5.73 Å². The zero-order valence-electron chi connectivity index (χ0n) is 7.80. The van der Waals surface area contributed by atoms with E-state index >= 15 is 0 Å². The zero-order valence-corrected chi connectivity index (χ0v) is 8.61. The average molecular weight is 218 g/mol. The predicted molar refractivity (Wildman–Crippen MR) is 56.2 cm³/mol. The lowest BCUT2D eigenvalue weighted by Crippen LogP contribution is -2.30. The quantitative estimate of drug-likeness (QED) is 0.276. The summed E-state index contributed by atoms with van der Waals surface area (Å²) in [6.07, 6.45) is 1.29. The number of azide groups is 1. The summed E-state index contributed by atoms with van der Waals surface area (Å²) in [4.78, 5) is 12.9. The second-order valence-electron chi connectivity index (χ2n) is 2.65. The molecule has 0 heterocycles. The van der Waals surface area contributed by atoms with Gasteiger partial charge in [-0.2, -0.15) is 11.8 Å². The van der Waals surface area contributed by atoms with Gasteiger partial charge in [0.25, 0.3) is 0 Å². The van der Waals surface area contributed by atoms with Gasteiger partial charge in [0, 0.05) is 11.5 Å². The highest BCUT2D eigenvalue weighted by atomic mass is 32.2. The Morgan fingerprint density at radius 2 is 2.36 bits per heavy atom. The minimum atomic E-state index is -0.959. The largest absolute Gasteiger partial charge is 0.480 e. The molecule has 0 aliphatic rings. The molecule has 0 saturated heterocycles. The first-order valence-corrected chi connectivity index (χ1v) is 5.41. The Morgan fingerprint density at radius 3 is 2.93 bits per heavy atom. The van der Waals surface area contributed by atoms with E-state index in [1.165, 1.54) is 0 Å². The number of thioether (sulfide) groups is 1. The average Bonchev–Trinajstić information content (AvgIpc) is 2.16. The number of nitrogens with two attached hydrogens (primary N) is 1. The Hall–Kier alpha value is -0.910. The number of rotatable bonds is 8. The molecule has 0 saturated carbocycles. The fraction of sp³-hybridized carbons (Fsp3) is 0.857. The molecule has 0 amide bonds. The van der Waals surface area contributed by atoms with Gasteiger partial charge in [0.05, 0.1) is 0 Å². The maximum Gasteiger partial charge on any atom is 0.320 e. The monoisotopic (exact) mass is 218 g/mol. The van der Waals surface area contributed by atoms with Crippen LogP contribution in [0.25, 0.3) is 10.4 Å². The highest BCUT2D eigenvalue weighted by molar-refractivity contribution is 7.99. The maximum absolute atomic E-state index is 10.3. The summed E-state index contributed by atoms with van der Waals surface area (Å²) in [7, 11) is 0. The molecule has 0 rings (SSSR count). The van der Waals surface area contributed by atoms with Crippen LogP contribution in [-0.2, 0) is 4.79 Å². The van der Waals surface area contributed by atoms with Crippen molar-refractivity contribution in [3.63, 3.8) is 0 Å². The molecule has 0 aromatic carbocycles. The van der Waals surface area contributed by atoms with Crippen molar-refractivity contribution in [2.75, 3.05) is 18.1 Å². The predicted octanol–water partition coefficient (Wildman–Crippen LogP) is 1.22. The molecular weight excluding hydrogens is 204 g/mol. The Bertz CT molecular complexity index is 218. The SMILES string of the molecule is [N-]=[N+]=NCCCSCC[C@H](N)C(=O)O. The second kappa shape index (κ2) is 8.68.